The van der Waals surface area contributed by atoms with Crippen LogP contribution in [0, 0.1) is 5.92 Å². The van der Waals surface area contributed by atoms with Gasteiger partial charge < -0.3 is 14.8 Å². The highest BCUT2D eigenvalue weighted by Crippen LogP contribution is 2.32. The number of methoxy groups -OCH3 is 1. The van der Waals surface area contributed by atoms with Crippen LogP contribution in [0.2, 0.25) is 0 Å². The third-order valence-electron chi connectivity index (χ3n) is 5.80. The molecule has 0 saturated heterocycles. The first-order valence-electron chi connectivity index (χ1n) is 11.5. The number of alkyl halides is 1. The molecule has 36 heavy (non-hydrogen) atoms. The van der Waals surface area contributed by atoms with Crippen molar-refractivity contribution < 1.29 is 23.5 Å². The Balaban J connectivity index is 1.52. The van der Waals surface area contributed by atoms with Crippen molar-refractivity contribution in [3.8, 4) is 11.5 Å². The van der Waals surface area contributed by atoms with E-state index in [0.29, 0.717) is 23.6 Å². The number of benzene rings is 2. The zero-order valence-corrected chi connectivity index (χ0v) is 20.0. The molecule has 0 bridgehead atoms. The molecule has 0 radical (unpaired) electrons. The van der Waals surface area contributed by atoms with Crippen molar-refractivity contribution in [2.24, 2.45) is 11.0 Å². The molecule has 1 atom stereocenters. The van der Waals surface area contributed by atoms with Crippen molar-refractivity contribution in [3.05, 3.63) is 77.9 Å². The highest BCUT2D eigenvalue weighted by atomic mass is 19.1. The summed E-state index contributed by atoms with van der Waals surface area (Å²) in [6, 6.07) is 13.9. The van der Waals surface area contributed by atoms with Gasteiger partial charge in [-0.25, -0.2) is 19.4 Å². The van der Waals surface area contributed by atoms with E-state index in [4.69, 9.17) is 9.47 Å². The standard InChI is InChI=1S/C26H26FN5O4/c1-3-18-14-23(33)32(31-24(18)19-7-10-21(36-16-27)22(13-19)35-2)15-17-5-8-20(9-6-17)30-26(34)25-28-11-4-12-29-25/h4-13,18H,3,14-16H2,1-2H3,(H,30,34). The number of carbonyl (C=O) groups is 2. The second-order valence-electron chi connectivity index (χ2n) is 8.09. The molecule has 2 heterocycles. The van der Waals surface area contributed by atoms with Gasteiger partial charge in [0.15, 0.2) is 11.5 Å². The number of ether oxygens (including phenoxy) is 2. The first-order valence-corrected chi connectivity index (χ1v) is 11.5. The van der Waals surface area contributed by atoms with E-state index in [1.807, 2.05) is 19.1 Å². The van der Waals surface area contributed by atoms with E-state index in [-0.39, 0.29) is 24.2 Å². The topological polar surface area (TPSA) is 106 Å². The summed E-state index contributed by atoms with van der Waals surface area (Å²) in [5.41, 5.74) is 2.97. The smallest absolute Gasteiger partial charge is 0.293 e. The van der Waals surface area contributed by atoms with Gasteiger partial charge in [-0.15, -0.1) is 0 Å². The minimum absolute atomic E-state index is 0.0517. The second kappa shape index (κ2) is 11.4. The third kappa shape index (κ3) is 5.65. The number of carbonyl (C=O) groups excluding carboxylic acids is 2. The van der Waals surface area contributed by atoms with Gasteiger partial charge in [0, 0.05) is 36.0 Å². The van der Waals surface area contributed by atoms with Gasteiger partial charge in [0.25, 0.3) is 5.91 Å². The minimum Gasteiger partial charge on any atom is -0.493 e. The summed E-state index contributed by atoms with van der Waals surface area (Å²) in [6.07, 6.45) is 4.07. The lowest BCUT2D eigenvalue weighted by Crippen LogP contribution is -2.36. The number of rotatable bonds is 9. The largest absolute Gasteiger partial charge is 0.493 e. The molecule has 2 aromatic carbocycles. The predicted octanol–water partition coefficient (Wildman–Crippen LogP) is 4.21. The monoisotopic (exact) mass is 491 g/mol. The summed E-state index contributed by atoms with van der Waals surface area (Å²) < 4.78 is 23.0. The van der Waals surface area contributed by atoms with Gasteiger partial charge in [-0.2, -0.15) is 5.10 Å². The van der Waals surface area contributed by atoms with Gasteiger partial charge in [0.2, 0.25) is 18.6 Å². The molecule has 4 rings (SSSR count). The molecule has 2 amide bonds. The molecule has 0 spiro atoms. The van der Waals surface area contributed by atoms with E-state index in [1.165, 1.54) is 24.5 Å². The van der Waals surface area contributed by atoms with Crippen molar-refractivity contribution in [1.29, 1.82) is 0 Å². The fraction of sp³-hybridized carbons (Fsp3) is 0.269. The number of aromatic nitrogens is 2. The lowest BCUT2D eigenvalue weighted by molar-refractivity contribution is -0.133. The minimum atomic E-state index is -0.959. The lowest BCUT2D eigenvalue weighted by Gasteiger charge is -2.29. The Bertz CT molecular complexity index is 1250. The highest BCUT2D eigenvalue weighted by Gasteiger charge is 2.29. The quantitative estimate of drug-likeness (QED) is 0.481. The number of nitrogens with one attached hydrogen (secondary N) is 1. The third-order valence-corrected chi connectivity index (χ3v) is 5.80. The maximum atomic E-state index is 12.8. The molecule has 1 aliphatic rings. The maximum absolute atomic E-state index is 12.8. The lowest BCUT2D eigenvalue weighted by atomic mass is 9.89. The van der Waals surface area contributed by atoms with Crippen LogP contribution in [-0.4, -0.2) is 46.5 Å². The van der Waals surface area contributed by atoms with Crippen LogP contribution in [0.4, 0.5) is 10.1 Å². The van der Waals surface area contributed by atoms with Crippen molar-refractivity contribution in [2.75, 3.05) is 19.3 Å². The molecule has 0 fully saturated rings. The van der Waals surface area contributed by atoms with Crippen LogP contribution in [0.1, 0.15) is 41.5 Å². The molecule has 0 saturated carbocycles. The Morgan fingerprint density at radius 3 is 2.56 bits per heavy atom. The van der Waals surface area contributed by atoms with Gasteiger partial charge in [-0.3, -0.25) is 9.59 Å². The van der Waals surface area contributed by atoms with Crippen LogP contribution in [0.3, 0.4) is 0 Å². The molecule has 0 aliphatic carbocycles. The molecule has 9 nitrogen and oxygen atoms in total. The van der Waals surface area contributed by atoms with Crippen molar-refractivity contribution in [2.45, 2.75) is 26.3 Å². The Kier molecular flexibility index (Phi) is 7.84. The van der Waals surface area contributed by atoms with E-state index >= 15 is 0 Å². The molecule has 10 heteroatoms. The maximum Gasteiger partial charge on any atom is 0.293 e. The van der Waals surface area contributed by atoms with Crippen molar-refractivity contribution in [1.82, 2.24) is 15.0 Å². The molecule has 186 valence electrons. The molecular formula is C26H26FN5O4. The van der Waals surface area contributed by atoms with Crippen LogP contribution in [0.25, 0.3) is 0 Å². The van der Waals surface area contributed by atoms with E-state index < -0.39 is 12.8 Å². The Morgan fingerprint density at radius 2 is 1.89 bits per heavy atom. The van der Waals surface area contributed by atoms with E-state index in [9.17, 15) is 14.0 Å². The number of hydrogen-bond acceptors (Lipinski definition) is 7. The van der Waals surface area contributed by atoms with Crippen molar-refractivity contribution in [3.63, 3.8) is 0 Å². The molecule has 1 unspecified atom stereocenters. The first kappa shape index (κ1) is 24.8. The van der Waals surface area contributed by atoms with Gasteiger partial charge >= 0.3 is 0 Å². The molecule has 1 aromatic heterocycles. The van der Waals surface area contributed by atoms with Gasteiger partial charge in [0.05, 0.1) is 19.4 Å². The number of hydrogen-bond donors (Lipinski definition) is 1. The fourth-order valence-electron chi connectivity index (χ4n) is 3.91. The zero-order valence-electron chi connectivity index (χ0n) is 20.0. The Morgan fingerprint density at radius 1 is 1.14 bits per heavy atom. The van der Waals surface area contributed by atoms with Crippen LogP contribution in [0.15, 0.2) is 66.0 Å². The summed E-state index contributed by atoms with van der Waals surface area (Å²) in [5.74, 6) is 0.233. The van der Waals surface area contributed by atoms with Gasteiger partial charge in [-0.05, 0) is 48.4 Å². The van der Waals surface area contributed by atoms with Crippen molar-refractivity contribution >= 4 is 23.2 Å². The number of hydrazone groups is 1. The van der Waals surface area contributed by atoms with E-state index in [0.717, 1.165) is 23.3 Å². The first-order chi connectivity index (χ1) is 17.5. The SMILES string of the molecule is CCC1CC(=O)N(Cc2ccc(NC(=O)c3ncccn3)cc2)N=C1c1ccc(OCF)c(OC)c1. The van der Waals surface area contributed by atoms with Crippen LogP contribution in [-0.2, 0) is 11.3 Å². The highest BCUT2D eigenvalue weighted by molar-refractivity contribution is 6.06. The molecule has 1 N–H and O–H groups in total. The number of nitrogens with zero attached hydrogens (tertiary/aromatic N) is 4. The second-order valence-corrected chi connectivity index (χ2v) is 8.09. The fourth-order valence-corrected chi connectivity index (χ4v) is 3.91. The van der Waals surface area contributed by atoms with Gasteiger partial charge in [0.1, 0.15) is 0 Å². The molecular weight excluding hydrogens is 465 g/mol. The average Bonchev–Trinajstić information content (AvgIpc) is 2.91. The summed E-state index contributed by atoms with van der Waals surface area (Å²) >= 11 is 0. The summed E-state index contributed by atoms with van der Waals surface area (Å²) in [7, 11) is 1.49. The van der Waals surface area contributed by atoms with Crippen LogP contribution in [0.5, 0.6) is 11.5 Å². The van der Waals surface area contributed by atoms with Gasteiger partial charge in [-0.1, -0.05) is 19.1 Å². The molecule has 1 aliphatic heterocycles. The Labute approximate surface area is 208 Å². The number of halogens is 1. The summed E-state index contributed by atoms with van der Waals surface area (Å²) in [5, 5.41) is 8.88. The summed E-state index contributed by atoms with van der Waals surface area (Å²) in [6.45, 7) is 1.32. The number of amides is 2. The van der Waals surface area contributed by atoms with E-state index in [1.54, 1.807) is 36.4 Å². The predicted molar refractivity (Wildman–Crippen MR) is 132 cm³/mol. The average molecular weight is 492 g/mol. The number of anilines is 1. The normalized spacial score (nSPS) is 15.3. The zero-order chi connectivity index (χ0) is 25.5. The van der Waals surface area contributed by atoms with E-state index in [2.05, 4.69) is 20.4 Å². The van der Waals surface area contributed by atoms with Crippen LogP contribution < -0.4 is 14.8 Å². The van der Waals surface area contributed by atoms with Crippen LogP contribution >= 0.6 is 0 Å². The summed E-state index contributed by atoms with van der Waals surface area (Å²) in [4.78, 5) is 33.0. The molecule has 3 aromatic rings. The Hall–Kier alpha value is -4.34.